The van der Waals surface area contributed by atoms with E-state index < -0.39 is 0 Å². The smallest absolute Gasteiger partial charge is 0.0598 e. The molecule has 0 unspecified atom stereocenters. The second kappa shape index (κ2) is 4.06. The van der Waals surface area contributed by atoms with Gasteiger partial charge in [0.25, 0.3) is 0 Å². The molecule has 1 rings (SSSR count). The maximum Gasteiger partial charge on any atom is 0.0598 e. The van der Waals surface area contributed by atoms with E-state index in [1.54, 1.807) is 0 Å². The van der Waals surface area contributed by atoms with Crippen molar-refractivity contribution in [2.24, 2.45) is 5.41 Å². The molecule has 0 aliphatic heterocycles. The lowest BCUT2D eigenvalue weighted by Gasteiger charge is -2.27. The highest BCUT2D eigenvalue weighted by molar-refractivity contribution is 4.94. The van der Waals surface area contributed by atoms with Crippen molar-refractivity contribution in [1.29, 1.82) is 0 Å². The van der Waals surface area contributed by atoms with Crippen LogP contribution in [0.2, 0.25) is 0 Å². The van der Waals surface area contributed by atoms with Crippen LogP contribution in [0.5, 0.6) is 0 Å². The van der Waals surface area contributed by atoms with E-state index in [9.17, 15) is 0 Å². The van der Waals surface area contributed by atoms with Crippen LogP contribution >= 0.6 is 0 Å². The van der Waals surface area contributed by atoms with Gasteiger partial charge in [0.15, 0.2) is 0 Å². The van der Waals surface area contributed by atoms with Crippen LogP contribution < -0.4 is 0 Å². The molecule has 2 nitrogen and oxygen atoms in total. The normalized spacial score (nSPS) is 20.4. The third-order valence-corrected chi connectivity index (χ3v) is 2.58. The molecule has 15 heavy (non-hydrogen) atoms. The van der Waals surface area contributed by atoms with Crippen LogP contribution in [0.15, 0.2) is 0 Å². The van der Waals surface area contributed by atoms with E-state index in [2.05, 4.69) is 41.5 Å². The highest BCUT2D eigenvalue weighted by Gasteiger charge is 2.44. The molecule has 0 saturated heterocycles. The molecule has 90 valence electrons. The van der Waals surface area contributed by atoms with Gasteiger partial charge in [-0.3, -0.25) is 0 Å². The van der Waals surface area contributed by atoms with Crippen LogP contribution in [-0.4, -0.2) is 24.4 Å². The van der Waals surface area contributed by atoms with Crippen molar-refractivity contribution in [3.63, 3.8) is 0 Å². The van der Waals surface area contributed by atoms with E-state index in [-0.39, 0.29) is 11.2 Å². The number of ether oxygens (including phenoxy) is 2. The second-order valence-corrected chi connectivity index (χ2v) is 6.80. The fourth-order valence-corrected chi connectivity index (χ4v) is 1.25. The summed E-state index contributed by atoms with van der Waals surface area (Å²) in [4.78, 5) is 0. The topological polar surface area (TPSA) is 18.5 Å². The fraction of sp³-hybridized carbons (Fsp3) is 1.00. The van der Waals surface area contributed by atoms with Crippen molar-refractivity contribution in [1.82, 2.24) is 0 Å². The first-order chi connectivity index (χ1) is 6.62. The Bertz CT molecular complexity index is 184. The molecular formula is C13H26O2. The van der Waals surface area contributed by atoms with Crippen molar-refractivity contribution in [2.45, 2.75) is 65.6 Å². The van der Waals surface area contributed by atoms with E-state index in [0.29, 0.717) is 5.41 Å². The molecule has 0 atom stereocenters. The lowest BCUT2D eigenvalue weighted by molar-refractivity contribution is -0.0755. The molecule has 0 bridgehead atoms. The summed E-state index contributed by atoms with van der Waals surface area (Å²) in [5.74, 6) is 0. The van der Waals surface area contributed by atoms with Gasteiger partial charge in [-0.05, 0) is 54.4 Å². The van der Waals surface area contributed by atoms with Crippen LogP contribution in [0.1, 0.15) is 54.4 Å². The van der Waals surface area contributed by atoms with Gasteiger partial charge in [-0.25, -0.2) is 0 Å². The summed E-state index contributed by atoms with van der Waals surface area (Å²) in [6.07, 6.45) is 2.50. The Kier molecular flexibility index (Phi) is 3.52. The molecule has 2 heteroatoms. The van der Waals surface area contributed by atoms with Crippen LogP contribution in [0.25, 0.3) is 0 Å². The van der Waals surface area contributed by atoms with E-state index in [1.165, 1.54) is 12.8 Å². The monoisotopic (exact) mass is 214 g/mol. The summed E-state index contributed by atoms with van der Waals surface area (Å²) in [7, 11) is 0. The highest BCUT2D eigenvalue weighted by Crippen LogP contribution is 2.47. The zero-order valence-electron chi connectivity index (χ0n) is 11.1. The summed E-state index contributed by atoms with van der Waals surface area (Å²) in [5.41, 5.74) is 0.259. The second-order valence-electron chi connectivity index (χ2n) is 6.80. The van der Waals surface area contributed by atoms with Gasteiger partial charge in [-0.1, -0.05) is 0 Å². The molecule has 0 amide bonds. The summed E-state index contributed by atoms with van der Waals surface area (Å²) in [6.45, 7) is 14.3. The van der Waals surface area contributed by atoms with Gasteiger partial charge in [0.2, 0.25) is 0 Å². The van der Waals surface area contributed by atoms with Crippen molar-refractivity contribution < 1.29 is 9.47 Å². The van der Waals surface area contributed by atoms with E-state index in [1.807, 2.05) is 0 Å². The first-order valence-electron chi connectivity index (χ1n) is 5.90. The average Bonchev–Trinajstić information content (AvgIpc) is 2.76. The number of hydrogen-bond donors (Lipinski definition) is 0. The number of rotatable bonds is 4. The zero-order chi connectivity index (χ0) is 11.7. The van der Waals surface area contributed by atoms with Crippen LogP contribution in [-0.2, 0) is 9.47 Å². The van der Waals surface area contributed by atoms with E-state index in [0.717, 1.165) is 13.2 Å². The maximum absolute atomic E-state index is 5.84. The van der Waals surface area contributed by atoms with Crippen LogP contribution in [0.4, 0.5) is 0 Å². The summed E-state index contributed by atoms with van der Waals surface area (Å²) >= 11 is 0. The first-order valence-corrected chi connectivity index (χ1v) is 5.90. The summed E-state index contributed by atoms with van der Waals surface area (Å²) in [6, 6.07) is 0. The molecule has 0 N–H and O–H groups in total. The first kappa shape index (κ1) is 13.0. The standard InChI is InChI=1S/C13H26O2/c1-11(2,3)14-9-13(7-8-13)10-15-12(4,5)6/h7-10H2,1-6H3. The molecule has 0 aromatic carbocycles. The van der Waals surface area contributed by atoms with Gasteiger partial charge in [-0.15, -0.1) is 0 Å². The van der Waals surface area contributed by atoms with Gasteiger partial charge in [0.1, 0.15) is 0 Å². The number of hydrogen-bond acceptors (Lipinski definition) is 2. The molecule has 1 aliphatic rings. The molecule has 0 aromatic rings. The predicted molar refractivity (Wildman–Crippen MR) is 63.1 cm³/mol. The summed E-state index contributed by atoms with van der Waals surface area (Å²) < 4.78 is 11.7. The van der Waals surface area contributed by atoms with Crippen molar-refractivity contribution in [3.8, 4) is 0 Å². The third kappa shape index (κ3) is 5.53. The quantitative estimate of drug-likeness (QED) is 0.714. The molecule has 1 fully saturated rings. The van der Waals surface area contributed by atoms with Gasteiger partial charge < -0.3 is 9.47 Å². The van der Waals surface area contributed by atoms with E-state index >= 15 is 0 Å². The molecular weight excluding hydrogens is 188 g/mol. The minimum Gasteiger partial charge on any atom is -0.375 e. The lowest BCUT2D eigenvalue weighted by Crippen LogP contribution is -2.30. The van der Waals surface area contributed by atoms with Crippen LogP contribution in [0.3, 0.4) is 0 Å². The molecule has 0 heterocycles. The third-order valence-electron chi connectivity index (χ3n) is 2.58. The van der Waals surface area contributed by atoms with Gasteiger partial charge in [0, 0.05) is 5.41 Å². The van der Waals surface area contributed by atoms with Gasteiger partial charge in [0.05, 0.1) is 24.4 Å². The largest absolute Gasteiger partial charge is 0.375 e. The Hall–Kier alpha value is -0.0800. The minimum atomic E-state index is -0.0304. The molecule has 0 spiro atoms. The van der Waals surface area contributed by atoms with Crippen molar-refractivity contribution in [2.75, 3.05) is 13.2 Å². The Morgan fingerprint density at radius 1 is 0.800 bits per heavy atom. The van der Waals surface area contributed by atoms with Crippen LogP contribution in [0, 0.1) is 5.41 Å². The lowest BCUT2D eigenvalue weighted by atomic mass is 10.1. The molecule has 0 radical (unpaired) electrons. The van der Waals surface area contributed by atoms with Gasteiger partial charge >= 0.3 is 0 Å². The molecule has 0 aromatic heterocycles. The Labute approximate surface area is 94.3 Å². The zero-order valence-corrected chi connectivity index (χ0v) is 11.1. The Morgan fingerprint density at radius 3 is 1.33 bits per heavy atom. The van der Waals surface area contributed by atoms with Crippen molar-refractivity contribution >= 4 is 0 Å². The Balaban J connectivity index is 2.28. The average molecular weight is 214 g/mol. The maximum atomic E-state index is 5.84. The van der Waals surface area contributed by atoms with Crippen molar-refractivity contribution in [3.05, 3.63) is 0 Å². The predicted octanol–water partition coefficient (Wildman–Crippen LogP) is 3.40. The molecule has 1 saturated carbocycles. The Morgan fingerprint density at radius 2 is 1.13 bits per heavy atom. The fourth-order valence-electron chi connectivity index (χ4n) is 1.25. The van der Waals surface area contributed by atoms with Gasteiger partial charge in [-0.2, -0.15) is 0 Å². The highest BCUT2D eigenvalue weighted by atomic mass is 16.5. The SMILES string of the molecule is CC(C)(C)OCC1(COC(C)(C)C)CC1. The minimum absolute atomic E-state index is 0.0304. The molecule has 1 aliphatic carbocycles. The summed E-state index contributed by atoms with van der Waals surface area (Å²) in [5, 5.41) is 0. The van der Waals surface area contributed by atoms with E-state index in [4.69, 9.17) is 9.47 Å².